The molecule has 0 fully saturated rings. The van der Waals surface area contributed by atoms with Gasteiger partial charge in [0.15, 0.2) is 0 Å². The summed E-state index contributed by atoms with van der Waals surface area (Å²) in [6.07, 6.45) is 0.830. The maximum atomic E-state index is 13.2. The van der Waals surface area contributed by atoms with E-state index in [-0.39, 0.29) is 27.1 Å². The fourth-order valence-electron chi connectivity index (χ4n) is 2.15. The van der Waals surface area contributed by atoms with Gasteiger partial charge in [-0.05, 0) is 48.7 Å². The maximum Gasteiger partial charge on any atom is 0.261 e. The number of nitrogens with one attached hydrogen (secondary N) is 2. The predicted molar refractivity (Wildman–Crippen MR) is 100 cm³/mol. The minimum Gasteiger partial charge on any atom is -0.352 e. The Balaban J connectivity index is 2.16. The van der Waals surface area contributed by atoms with E-state index in [9.17, 15) is 17.6 Å². The highest BCUT2D eigenvalue weighted by Crippen LogP contribution is 2.22. The molecule has 2 aromatic rings. The van der Waals surface area contributed by atoms with E-state index in [4.69, 9.17) is 11.6 Å². The first kappa shape index (κ1) is 20.2. The Hall–Kier alpha value is -2.12. The van der Waals surface area contributed by atoms with E-state index in [0.29, 0.717) is 12.5 Å². The zero-order chi connectivity index (χ0) is 19.3. The number of hydrogen-bond donors (Lipinski definition) is 2. The topological polar surface area (TPSA) is 75.3 Å². The molecule has 0 aliphatic rings. The summed E-state index contributed by atoms with van der Waals surface area (Å²) >= 11 is 5.66. The Morgan fingerprint density at radius 3 is 2.58 bits per heavy atom. The Labute approximate surface area is 157 Å². The molecule has 0 aromatic heterocycles. The maximum absolute atomic E-state index is 13.2. The summed E-state index contributed by atoms with van der Waals surface area (Å²) in [5.74, 6) is -0.532. The van der Waals surface area contributed by atoms with Crippen molar-refractivity contribution in [2.24, 2.45) is 5.92 Å². The molecule has 0 bridgehead atoms. The summed E-state index contributed by atoms with van der Waals surface area (Å²) in [4.78, 5) is 12.1. The van der Waals surface area contributed by atoms with Gasteiger partial charge >= 0.3 is 0 Å². The standard InChI is InChI=1S/C18H20ClFN2O3S/c1-12(2)8-9-21-18(23)13-4-3-5-15(10-13)26(24,25)22-14-6-7-17(20)16(19)11-14/h3-7,10-12,22H,8-9H2,1-2H3,(H,21,23). The van der Waals surface area contributed by atoms with Crippen LogP contribution in [-0.2, 0) is 10.0 Å². The molecule has 8 heteroatoms. The van der Waals surface area contributed by atoms with E-state index in [1.165, 1.54) is 30.3 Å². The van der Waals surface area contributed by atoms with Crippen LogP contribution in [0.25, 0.3) is 0 Å². The normalized spacial score (nSPS) is 11.4. The monoisotopic (exact) mass is 398 g/mol. The van der Waals surface area contributed by atoms with Gasteiger partial charge in [0, 0.05) is 12.1 Å². The molecule has 26 heavy (non-hydrogen) atoms. The van der Waals surface area contributed by atoms with Crippen LogP contribution in [0.15, 0.2) is 47.4 Å². The van der Waals surface area contributed by atoms with Crippen molar-refractivity contribution in [1.29, 1.82) is 0 Å². The van der Waals surface area contributed by atoms with Crippen LogP contribution in [-0.4, -0.2) is 20.9 Å². The summed E-state index contributed by atoms with van der Waals surface area (Å²) < 4.78 is 40.5. The van der Waals surface area contributed by atoms with Gasteiger partial charge in [0.1, 0.15) is 5.82 Å². The molecule has 0 unspecified atom stereocenters. The third-order valence-corrected chi connectivity index (χ3v) is 5.25. The van der Waals surface area contributed by atoms with Crippen molar-refractivity contribution in [3.63, 3.8) is 0 Å². The first-order valence-electron chi connectivity index (χ1n) is 8.05. The summed E-state index contributed by atoms with van der Waals surface area (Å²) in [7, 11) is -3.94. The molecule has 2 N–H and O–H groups in total. The number of halogens is 2. The van der Waals surface area contributed by atoms with E-state index in [0.717, 1.165) is 12.5 Å². The predicted octanol–water partition coefficient (Wildman–Crippen LogP) is 4.06. The van der Waals surface area contributed by atoms with E-state index >= 15 is 0 Å². The molecule has 5 nitrogen and oxygen atoms in total. The van der Waals surface area contributed by atoms with Gasteiger partial charge < -0.3 is 5.32 Å². The first-order chi connectivity index (χ1) is 12.2. The largest absolute Gasteiger partial charge is 0.352 e. The van der Waals surface area contributed by atoms with Crippen LogP contribution < -0.4 is 10.0 Å². The third kappa shape index (κ3) is 5.44. The second-order valence-electron chi connectivity index (χ2n) is 6.20. The van der Waals surface area contributed by atoms with Gasteiger partial charge in [-0.25, -0.2) is 12.8 Å². The highest BCUT2D eigenvalue weighted by atomic mass is 35.5. The van der Waals surface area contributed by atoms with Crippen LogP contribution in [0.4, 0.5) is 10.1 Å². The summed E-state index contributed by atoms with van der Waals surface area (Å²) in [5, 5.41) is 2.57. The molecule has 0 spiro atoms. The van der Waals surface area contributed by atoms with E-state index in [2.05, 4.69) is 10.0 Å². The molecule has 1 amide bonds. The lowest BCUT2D eigenvalue weighted by Crippen LogP contribution is -2.25. The lowest BCUT2D eigenvalue weighted by atomic mass is 10.1. The third-order valence-electron chi connectivity index (χ3n) is 3.59. The van der Waals surface area contributed by atoms with Gasteiger partial charge in [0.25, 0.3) is 15.9 Å². The van der Waals surface area contributed by atoms with Crippen LogP contribution in [0, 0.1) is 11.7 Å². The zero-order valence-corrected chi connectivity index (χ0v) is 16.0. The second kappa shape index (κ2) is 8.51. The number of benzene rings is 2. The number of anilines is 1. The molecule has 0 aliphatic heterocycles. The van der Waals surface area contributed by atoms with Crippen molar-refractivity contribution in [2.75, 3.05) is 11.3 Å². The number of sulfonamides is 1. The van der Waals surface area contributed by atoms with Crippen LogP contribution in [0.5, 0.6) is 0 Å². The van der Waals surface area contributed by atoms with Crippen LogP contribution in [0.3, 0.4) is 0 Å². The van der Waals surface area contributed by atoms with Gasteiger partial charge in [-0.2, -0.15) is 0 Å². The highest BCUT2D eigenvalue weighted by molar-refractivity contribution is 7.92. The number of amides is 1. The fraction of sp³-hybridized carbons (Fsp3) is 0.278. The number of hydrogen-bond acceptors (Lipinski definition) is 3. The van der Waals surface area contributed by atoms with Crippen LogP contribution >= 0.6 is 11.6 Å². The van der Waals surface area contributed by atoms with Gasteiger partial charge in [-0.3, -0.25) is 9.52 Å². The fourth-order valence-corrected chi connectivity index (χ4v) is 3.43. The molecule has 0 atom stereocenters. The quantitative estimate of drug-likeness (QED) is 0.738. The SMILES string of the molecule is CC(C)CCNC(=O)c1cccc(S(=O)(=O)Nc2ccc(F)c(Cl)c2)c1. The molecular weight excluding hydrogens is 379 g/mol. The molecular formula is C18H20ClFN2O3S. The van der Waals surface area contributed by atoms with Crippen molar-refractivity contribution in [2.45, 2.75) is 25.2 Å². The van der Waals surface area contributed by atoms with Gasteiger partial charge in [-0.1, -0.05) is 31.5 Å². The minimum atomic E-state index is -3.94. The summed E-state index contributed by atoms with van der Waals surface area (Å²) in [6.45, 7) is 4.61. The van der Waals surface area contributed by atoms with Crippen molar-refractivity contribution < 1.29 is 17.6 Å². The Morgan fingerprint density at radius 1 is 1.19 bits per heavy atom. The Kier molecular flexibility index (Phi) is 6.61. The average Bonchev–Trinajstić information content (AvgIpc) is 2.57. The van der Waals surface area contributed by atoms with E-state index in [1.807, 2.05) is 13.8 Å². The van der Waals surface area contributed by atoms with Crippen molar-refractivity contribution in [1.82, 2.24) is 5.32 Å². The molecule has 0 saturated carbocycles. The van der Waals surface area contributed by atoms with Gasteiger partial charge in [-0.15, -0.1) is 0 Å². The van der Waals surface area contributed by atoms with Crippen molar-refractivity contribution in [3.8, 4) is 0 Å². The lowest BCUT2D eigenvalue weighted by Gasteiger charge is -2.11. The van der Waals surface area contributed by atoms with Crippen molar-refractivity contribution in [3.05, 3.63) is 58.9 Å². The number of rotatable bonds is 7. The zero-order valence-electron chi connectivity index (χ0n) is 14.4. The van der Waals surface area contributed by atoms with E-state index < -0.39 is 15.8 Å². The Morgan fingerprint density at radius 2 is 1.92 bits per heavy atom. The smallest absolute Gasteiger partial charge is 0.261 e. The lowest BCUT2D eigenvalue weighted by molar-refractivity contribution is 0.0952. The molecule has 0 saturated heterocycles. The average molecular weight is 399 g/mol. The Bertz CT molecular complexity index is 901. The molecule has 0 heterocycles. The van der Waals surface area contributed by atoms with Crippen LogP contribution in [0.1, 0.15) is 30.6 Å². The van der Waals surface area contributed by atoms with Crippen molar-refractivity contribution >= 4 is 33.2 Å². The van der Waals surface area contributed by atoms with Crippen LogP contribution in [0.2, 0.25) is 5.02 Å². The minimum absolute atomic E-state index is 0.0746. The number of carbonyl (C=O) groups excluding carboxylic acids is 1. The molecule has 140 valence electrons. The highest BCUT2D eigenvalue weighted by Gasteiger charge is 2.17. The van der Waals surface area contributed by atoms with Gasteiger partial charge in [0.05, 0.1) is 15.6 Å². The van der Waals surface area contributed by atoms with Gasteiger partial charge in [0.2, 0.25) is 0 Å². The molecule has 0 aliphatic carbocycles. The molecule has 2 aromatic carbocycles. The number of carbonyl (C=O) groups is 1. The molecule has 2 rings (SSSR count). The summed E-state index contributed by atoms with van der Waals surface area (Å²) in [6, 6.07) is 9.20. The second-order valence-corrected chi connectivity index (χ2v) is 8.29. The molecule has 0 radical (unpaired) electrons. The van der Waals surface area contributed by atoms with E-state index in [1.54, 1.807) is 6.07 Å². The first-order valence-corrected chi connectivity index (χ1v) is 9.91. The summed E-state index contributed by atoms with van der Waals surface area (Å²) in [5.41, 5.74) is 0.372.